The topological polar surface area (TPSA) is 29.0 Å². The summed E-state index contributed by atoms with van der Waals surface area (Å²) in [5.41, 5.74) is 1.30. The molecule has 1 atom stereocenters. The van der Waals surface area contributed by atoms with Crippen molar-refractivity contribution in [1.82, 2.24) is 9.97 Å². The number of thiophene rings is 1. The van der Waals surface area contributed by atoms with Crippen molar-refractivity contribution in [3.05, 3.63) is 16.8 Å². The minimum Gasteiger partial charge on any atom is -0.354 e. The van der Waals surface area contributed by atoms with Gasteiger partial charge in [-0.25, -0.2) is 9.97 Å². The first-order chi connectivity index (χ1) is 8.16. The smallest absolute Gasteiger partial charge is 0.141 e. The highest BCUT2D eigenvalue weighted by atomic mass is 35.5. The molecule has 1 aliphatic rings. The number of anilines is 1. The van der Waals surface area contributed by atoms with Gasteiger partial charge in [0.05, 0.1) is 10.8 Å². The second-order valence-electron chi connectivity index (χ2n) is 4.49. The Balaban J connectivity index is 2.16. The van der Waals surface area contributed by atoms with Gasteiger partial charge < -0.3 is 4.90 Å². The van der Waals surface area contributed by atoms with E-state index in [2.05, 4.69) is 28.7 Å². The van der Waals surface area contributed by atoms with E-state index in [-0.39, 0.29) is 5.38 Å². The number of aryl methyl sites for hydroxylation is 2. The molecule has 3 rings (SSSR count). The Labute approximate surface area is 109 Å². The minimum absolute atomic E-state index is 0.250. The van der Waals surface area contributed by atoms with Crippen molar-refractivity contribution in [2.45, 2.75) is 25.6 Å². The Morgan fingerprint density at radius 3 is 2.94 bits per heavy atom. The number of alkyl halides is 1. The zero-order valence-corrected chi connectivity index (χ0v) is 11.5. The molecule has 3 nitrogen and oxygen atoms in total. The standard InChI is InChI=1S/C12H14ClN3S/c1-7-8(2)17-12-10(7)11(14-6-15-12)16-4-3-9(13)5-16/h6,9H,3-5H2,1-2H3. The Kier molecular flexibility index (Phi) is 2.71. The van der Waals surface area contributed by atoms with Crippen molar-refractivity contribution < 1.29 is 0 Å². The lowest BCUT2D eigenvalue weighted by Crippen LogP contribution is -2.21. The van der Waals surface area contributed by atoms with Crippen LogP contribution in [0.3, 0.4) is 0 Å². The maximum Gasteiger partial charge on any atom is 0.141 e. The average molecular weight is 268 g/mol. The molecule has 90 valence electrons. The summed E-state index contributed by atoms with van der Waals surface area (Å²) in [6, 6.07) is 0. The van der Waals surface area contributed by atoms with Crippen molar-refractivity contribution >= 4 is 39.0 Å². The molecular formula is C12H14ClN3S. The van der Waals surface area contributed by atoms with E-state index < -0.39 is 0 Å². The molecule has 0 spiro atoms. The average Bonchev–Trinajstić information content (AvgIpc) is 2.85. The van der Waals surface area contributed by atoms with E-state index in [1.807, 2.05) is 0 Å². The molecule has 0 radical (unpaired) electrons. The van der Waals surface area contributed by atoms with Crippen LogP contribution < -0.4 is 4.90 Å². The lowest BCUT2D eigenvalue weighted by Gasteiger charge is -2.17. The molecule has 0 aromatic carbocycles. The van der Waals surface area contributed by atoms with E-state index in [9.17, 15) is 0 Å². The number of hydrogen-bond donors (Lipinski definition) is 0. The molecule has 1 fully saturated rings. The van der Waals surface area contributed by atoms with Crippen molar-refractivity contribution in [1.29, 1.82) is 0 Å². The monoisotopic (exact) mass is 267 g/mol. The third kappa shape index (κ3) is 1.79. The predicted molar refractivity (Wildman–Crippen MR) is 73.4 cm³/mol. The third-order valence-electron chi connectivity index (χ3n) is 3.38. The molecule has 0 bridgehead atoms. The fourth-order valence-electron chi connectivity index (χ4n) is 2.31. The van der Waals surface area contributed by atoms with E-state index in [1.54, 1.807) is 17.7 Å². The summed E-state index contributed by atoms with van der Waals surface area (Å²) in [6.45, 7) is 6.17. The normalized spacial score (nSPS) is 20.4. The van der Waals surface area contributed by atoms with Crippen LogP contribution in [0.1, 0.15) is 16.9 Å². The summed E-state index contributed by atoms with van der Waals surface area (Å²) >= 11 is 7.91. The van der Waals surface area contributed by atoms with Gasteiger partial charge in [-0.1, -0.05) is 0 Å². The Morgan fingerprint density at radius 1 is 1.41 bits per heavy atom. The molecule has 2 aromatic rings. The molecular weight excluding hydrogens is 254 g/mol. The lowest BCUT2D eigenvalue weighted by molar-refractivity contribution is 0.940. The van der Waals surface area contributed by atoms with Gasteiger partial charge in [0.1, 0.15) is 17.0 Å². The molecule has 0 aliphatic carbocycles. The highest BCUT2D eigenvalue weighted by Crippen LogP contribution is 2.35. The van der Waals surface area contributed by atoms with Crippen LogP contribution in [0.2, 0.25) is 0 Å². The minimum atomic E-state index is 0.250. The SMILES string of the molecule is Cc1sc2ncnc(N3CCC(Cl)C3)c2c1C. The van der Waals surface area contributed by atoms with Crippen LogP contribution in [0.25, 0.3) is 10.2 Å². The fraction of sp³-hybridized carbons (Fsp3) is 0.500. The lowest BCUT2D eigenvalue weighted by atomic mass is 10.2. The van der Waals surface area contributed by atoms with Crippen molar-refractivity contribution in [2.75, 3.05) is 18.0 Å². The maximum atomic E-state index is 6.17. The predicted octanol–water partition coefficient (Wildman–Crippen LogP) is 3.13. The third-order valence-corrected chi connectivity index (χ3v) is 4.85. The largest absolute Gasteiger partial charge is 0.354 e. The Bertz CT molecular complexity index is 566. The van der Waals surface area contributed by atoms with Crippen LogP contribution in [0.4, 0.5) is 5.82 Å². The number of nitrogens with zero attached hydrogens (tertiary/aromatic N) is 3. The molecule has 1 unspecified atom stereocenters. The zero-order chi connectivity index (χ0) is 12.0. The summed E-state index contributed by atoms with van der Waals surface area (Å²) < 4.78 is 0. The van der Waals surface area contributed by atoms with Crippen LogP contribution in [0.15, 0.2) is 6.33 Å². The van der Waals surface area contributed by atoms with Gasteiger partial charge in [-0.2, -0.15) is 0 Å². The highest BCUT2D eigenvalue weighted by Gasteiger charge is 2.24. The summed E-state index contributed by atoms with van der Waals surface area (Å²) in [5.74, 6) is 1.06. The second kappa shape index (κ2) is 4.10. The molecule has 0 amide bonds. The van der Waals surface area contributed by atoms with E-state index >= 15 is 0 Å². The van der Waals surface area contributed by atoms with Crippen LogP contribution in [0, 0.1) is 13.8 Å². The van der Waals surface area contributed by atoms with Gasteiger partial charge in [0.25, 0.3) is 0 Å². The van der Waals surface area contributed by atoms with Gasteiger partial charge in [0.2, 0.25) is 0 Å². The van der Waals surface area contributed by atoms with Crippen molar-refractivity contribution in [2.24, 2.45) is 0 Å². The first-order valence-corrected chi connectivity index (χ1v) is 7.02. The van der Waals surface area contributed by atoms with Gasteiger partial charge in [-0.15, -0.1) is 22.9 Å². The Hall–Kier alpha value is -0.870. The highest BCUT2D eigenvalue weighted by molar-refractivity contribution is 7.18. The van der Waals surface area contributed by atoms with Crippen LogP contribution >= 0.6 is 22.9 Å². The van der Waals surface area contributed by atoms with E-state index in [0.29, 0.717) is 0 Å². The summed E-state index contributed by atoms with van der Waals surface area (Å²) in [6.07, 6.45) is 2.70. The van der Waals surface area contributed by atoms with Gasteiger partial charge in [0, 0.05) is 18.0 Å². The number of hydrogen-bond acceptors (Lipinski definition) is 4. The molecule has 17 heavy (non-hydrogen) atoms. The van der Waals surface area contributed by atoms with E-state index in [4.69, 9.17) is 11.6 Å². The van der Waals surface area contributed by atoms with E-state index in [0.717, 1.165) is 30.2 Å². The number of aromatic nitrogens is 2. The number of fused-ring (bicyclic) bond motifs is 1. The van der Waals surface area contributed by atoms with Crippen LogP contribution in [-0.4, -0.2) is 28.4 Å². The molecule has 1 aliphatic heterocycles. The first kappa shape index (κ1) is 11.2. The van der Waals surface area contributed by atoms with Crippen LogP contribution in [-0.2, 0) is 0 Å². The van der Waals surface area contributed by atoms with Crippen LogP contribution in [0.5, 0.6) is 0 Å². The summed E-state index contributed by atoms with van der Waals surface area (Å²) in [4.78, 5) is 13.5. The first-order valence-electron chi connectivity index (χ1n) is 5.76. The quantitative estimate of drug-likeness (QED) is 0.744. The fourth-order valence-corrected chi connectivity index (χ4v) is 3.57. The van der Waals surface area contributed by atoms with Gasteiger partial charge in [-0.05, 0) is 25.8 Å². The molecule has 2 aromatic heterocycles. The van der Waals surface area contributed by atoms with Gasteiger partial charge in [-0.3, -0.25) is 0 Å². The summed E-state index contributed by atoms with van der Waals surface area (Å²) in [7, 11) is 0. The van der Waals surface area contributed by atoms with Crippen molar-refractivity contribution in [3.63, 3.8) is 0 Å². The molecule has 5 heteroatoms. The van der Waals surface area contributed by atoms with E-state index in [1.165, 1.54) is 15.8 Å². The number of rotatable bonds is 1. The Morgan fingerprint density at radius 2 is 2.24 bits per heavy atom. The van der Waals surface area contributed by atoms with Crippen molar-refractivity contribution in [3.8, 4) is 0 Å². The second-order valence-corrected chi connectivity index (χ2v) is 6.31. The maximum absolute atomic E-state index is 6.17. The summed E-state index contributed by atoms with van der Waals surface area (Å²) in [5, 5.41) is 1.46. The molecule has 0 N–H and O–H groups in total. The van der Waals surface area contributed by atoms with Gasteiger partial charge >= 0.3 is 0 Å². The number of halogens is 1. The molecule has 0 saturated carbocycles. The van der Waals surface area contributed by atoms with Gasteiger partial charge in [0.15, 0.2) is 0 Å². The zero-order valence-electron chi connectivity index (χ0n) is 9.90. The molecule has 3 heterocycles. The molecule has 1 saturated heterocycles.